The van der Waals surface area contributed by atoms with Gasteiger partial charge in [-0.1, -0.05) is 72.3 Å². The third-order valence-electron chi connectivity index (χ3n) is 4.86. The molecule has 1 heterocycles. The number of amides is 1. The van der Waals surface area contributed by atoms with Crippen LogP contribution in [0.1, 0.15) is 26.4 Å². The zero-order valence-corrected chi connectivity index (χ0v) is 17.4. The molecule has 2 N–H and O–H groups in total. The van der Waals surface area contributed by atoms with Gasteiger partial charge in [-0.05, 0) is 42.3 Å². The van der Waals surface area contributed by atoms with Crippen LogP contribution >= 0.6 is 11.6 Å². The van der Waals surface area contributed by atoms with Crippen LogP contribution in [0, 0.1) is 6.92 Å². The van der Waals surface area contributed by atoms with Crippen molar-refractivity contribution in [2.75, 3.05) is 0 Å². The van der Waals surface area contributed by atoms with Gasteiger partial charge in [0.25, 0.3) is 5.91 Å². The summed E-state index contributed by atoms with van der Waals surface area (Å²) in [7, 11) is 0. The Bertz CT molecular complexity index is 1220. The molecule has 0 atom stereocenters. The maximum absolute atomic E-state index is 13.0. The summed E-state index contributed by atoms with van der Waals surface area (Å²) in [6.07, 6.45) is 0. The summed E-state index contributed by atoms with van der Waals surface area (Å²) in [4.78, 5) is 33.8. The number of rotatable bonds is 4. The standard InChI is InChI=1S/C25H19ClN2O3/c1-16-21(25(30)31-28-24(29)19-10-6-3-7-11-19)22(17-12-14-20(26)15-13-17)23(27-16)18-8-4-2-5-9-18/h2-15,27H,1H3,(H,28,29). The van der Waals surface area contributed by atoms with Gasteiger partial charge in [0.05, 0.1) is 11.3 Å². The van der Waals surface area contributed by atoms with Gasteiger partial charge < -0.3 is 9.82 Å². The minimum atomic E-state index is -0.662. The number of aromatic amines is 1. The molecule has 4 aromatic rings. The van der Waals surface area contributed by atoms with Crippen molar-refractivity contribution in [2.24, 2.45) is 0 Å². The summed E-state index contributed by atoms with van der Waals surface area (Å²) in [6, 6.07) is 25.4. The molecule has 31 heavy (non-hydrogen) atoms. The molecule has 1 aromatic heterocycles. The van der Waals surface area contributed by atoms with Gasteiger partial charge >= 0.3 is 5.97 Å². The van der Waals surface area contributed by atoms with Crippen LogP contribution in [0.3, 0.4) is 0 Å². The highest BCUT2D eigenvalue weighted by atomic mass is 35.5. The Morgan fingerprint density at radius 1 is 0.839 bits per heavy atom. The number of hydrogen-bond acceptors (Lipinski definition) is 3. The number of carbonyl (C=O) groups excluding carboxylic acids is 2. The van der Waals surface area contributed by atoms with E-state index in [9.17, 15) is 9.59 Å². The number of halogens is 1. The lowest BCUT2D eigenvalue weighted by Crippen LogP contribution is -2.27. The molecule has 0 spiro atoms. The molecule has 0 radical (unpaired) electrons. The molecule has 0 saturated heterocycles. The highest BCUT2D eigenvalue weighted by molar-refractivity contribution is 6.30. The van der Waals surface area contributed by atoms with Crippen LogP contribution in [0.5, 0.6) is 0 Å². The van der Waals surface area contributed by atoms with Gasteiger partial charge in [0.1, 0.15) is 0 Å². The number of aromatic nitrogens is 1. The van der Waals surface area contributed by atoms with Gasteiger partial charge in [0.15, 0.2) is 0 Å². The molecule has 0 unspecified atom stereocenters. The quantitative estimate of drug-likeness (QED) is 0.401. The molecule has 6 heteroatoms. The lowest BCUT2D eigenvalue weighted by molar-refractivity contribution is 0.0230. The maximum Gasteiger partial charge on any atom is 0.365 e. The van der Waals surface area contributed by atoms with Crippen molar-refractivity contribution in [3.05, 3.63) is 107 Å². The number of aryl methyl sites for hydroxylation is 1. The fourth-order valence-corrected chi connectivity index (χ4v) is 3.52. The van der Waals surface area contributed by atoms with Crippen LogP contribution < -0.4 is 5.48 Å². The SMILES string of the molecule is Cc1[nH]c(-c2ccccc2)c(-c2ccc(Cl)cc2)c1C(=O)ONC(=O)c1ccccc1. The van der Waals surface area contributed by atoms with Gasteiger partial charge in [-0.3, -0.25) is 4.79 Å². The van der Waals surface area contributed by atoms with Crippen LogP contribution in [0.25, 0.3) is 22.4 Å². The normalized spacial score (nSPS) is 10.5. The van der Waals surface area contributed by atoms with E-state index in [-0.39, 0.29) is 0 Å². The molecule has 5 nitrogen and oxygen atoms in total. The second-order valence-corrected chi connectivity index (χ2v) is 7.37. The van der Waals surface area contributed by atoms with E-state index < -0.39 is 11.9 Å². The molecule has 1 amide bonds. The Balaban J connectivity index is 1.71. The first-order valence-electron chi connectivity index (χ1n) is 9.65. The van der Waals surface area contributed by atoms with Crippen LogP contribution in [0.15, 0.2) is 84.9 Å². The monoisotopic (exact) mass is 430 g/mol. The molecular weight excluding hydrogens is 412 g/mol. The lowest BCUT2D eigenvalue weighted by atomic mass is 9.97. The zero-order valence-electron chi connectivity index (χ0n) is 16.7. The van der Waals surface area contributed by atoms with E-state index in [4.69, 9.17) is 16.4 Å². The Morgan fingerprint density at radius 2 is 1.45 bits per heavy atom. The average molecular weight is 431 g/mol. The molecule has 154 valence electrons. The first-order valence-corrected chi connectivity index (χ1v) is 10.0. The second kappa shape index (κ2) is 8.90. The van der Waals surface area contributed by atoms with E-state index in [0.29, 0.717) is 27.4 Å². The van der Waals surface area contributed by atoms with E-state index in [1.807, 2.05) is 42.5 Å². The number of H-pyrrole nitrogens is 1. The maximum atomic E-state index is 13.0. The van der Waals surface area contributed by atoms with Gasteiger partial charge in [0, 0.05) is 21.8 Å². The van der Waals surface area contributed by atoms with E-state index in [2.05, 4.69) is 10.5 Å². The van der Waals surface area contributed by atoms with Crippen molar-refractivity contribution in [2.45, 2.75) is 6.92 Å². The molecule has 4 rings (SSSR count). The largest absolute Gasteiger partial charge is 0.365 e. The minimum Gasteiger partial charge on any atom is -0.357 e. The predicted octanol–water partition coefficient (Wildman–Crippen LogP) is 5.81. The summed E-state index contributed by atoms with van der Waals surface area (Å²) in [5.41, 5.74) is 6.78. The fourth-order valence-electron chi connectivity index (χ4n) is 3.40. The van der Waals surface area contributed by atoms with Gasteiger partial charge in [-0.2, -0.15) is 5.48 Å². The Kier molecular flexibility index (Phi) is 5.87. The molecule has 0 aliphatic heterocycles. The highest BCUT2D eigenvalue weighted by Gasteiger charge is 2.25. The fraction of sp³-hybridized carbons (Fsp3) is 0.0400. The van der Waals surface area contributed by atoms with Crippen molar-refractivity contribution in [3.63, 3.8) is 0 Å². The smallest absolute Gasteiger partial charge is 0.357 e. The van der Waals surface area contributed by atoms with E-state index >= 15 is 0 Å². The molecule has 0 saturated carbocycles. The third kappa shape index (κ3) is 4.37. The first-order chi connectivity index (χ1) is 15.0. The third-order valence-corrected chi connectivity index (χ3v) is 5.11. The van der Waals surface area contributed by atoms with Crippen molar-refractivity contribution < 1.29 is 14.4 Å². The molecular formula is C25H19ClN2O3. The molecule has 0 bridgehead atoms. The number of hydrogen-bond donors (Lipinski definition) is 2. The van der Waals surface area contributed by atoms with Gasteiger partial charge in [0.2, 0.25) is 0 Å². The predicted molar refractivity (Wildman–Crippen MR) is 121 cm³/mol. The molecule has 3 aromatic carbocycles. The van der Waals surface area contributed by atoms with E-state index in [1.54, 1.807) is 49.4 Å². The average Bonchev–Trinajstić information content (AvgIpc) is 3.16. The topological polar surface area (TPSA) is 71.2 Å². The van der Waals surface area contributed by atoms with Gasteiger partial charge in [-0.15, -0.1) is 0 Å². The first kappa shape index (κ1) is 20.4. The van der Waals surface area contributed by atoms with Crippen molar-refractivity contribution in [1.29, 1.82) is 0 Å². The summed E-state index contributed by atoms with van der Waals surface area (Å²) in [6.45, 7) is 1.79. The Hall–Kier alpha value is -3.83. The van der Waals surface area contributed by atoms with Crippen LogP contribution in [-0.4, -0.2) is 16.9 Å². The minimum absolute atomic E-state index is 0.342. The summed E-state index contributed by atoms with van der Waals surface area (Å²) in [5.74, 6) is -1.16. The molecule has 0 aliphatic rings. The van der Waals surface area contributed by atoms with Crippen molar-refractivity contribution >= 4 is 23.5 Å². The van der Waals surface area contributed by atoms with Crippen LogP contribution in [0.4, 0.5) is 0 Å². The number of carbonyl (C=O) groups is 2. The molecule has 0 fully saturated rings. The zero-order chi connectivity index (χ0) is 21.8. The van der Waals surface area contributed by atoms with Crippen molar-refractivity contribution in [3.8, 4) is 22.4 Å². The van der Waals surface area contributed by atoms with E-state index in [1.165, 1.54) is 0 Å². The van der Waals surface area contributed by atoms with Crippen LogP contribution in [-0.2, 0) is 4.84 Å². The molecule has 0 aliphatic carbocycles. The summed E-state index contributed by atoms with van der Waals surface area (Å²) in [5, 5.41) is 0.594. The highest BCUT2D eigenvalue weighted by Crippen LogP contribution is 2.37. The number of hydroxylamine groups is 1. The summed E-state index contributed by atoms with van der Waals surface area (Å²) >= 11 is 6.06. The van der Waals surface area contributed by atoms with E-state index in [0.717, 1.165) is 16.8 Å². The van der Waals surface area contributed by atoms with Crippen LogP contribution in [0.2, 0.25) is 5.02 Å². The number of nitrogens with one attached hydrogen (secondary N) is 2. The van der Waals surface area contributed by atoms with Crippen molar-refractivity contribution in [1.82, 2.24) is 10.5 Å². The Morgan fingerprint density at radius 3 is 2.10 bits per heavy atom. The Labute approximate surface area is 184 Å². The lowest BCUT2D eigenvalue weighted by Gasteiger charge is -2.10. The summed E-state index contributed by atoms with van der Waals surface area (Å²) < 4.78 is 0. The second-order valence-electron chi connectivity index (χ2n) is 6.93. The van der Waals surface area contributed by atoms with Gasteiger partial charge in [-0.25, -0.2) is 4.79 Å². The number of benzene rings is 3.